The summed E-state index contributed by atoms with van der Waals surface area (Å²) < 4.78 is 61.7. The first-order valence-corrected chi connectivity index (χ1v) is 7.64. The summed E-state index contributed by atoms with van der Waals surface area (Å²) in [6.45, 7) is 0. The van der Waals surface area contributed by atoms with Crippen molar-refractivity contribution in [2.24, 2.45) is 5.73 Å². The quantitative estimate of drug-likeness (QED) is 0.512. The van der Waals surface area contributed by atoms with Gasteiger partial charge in [0, 0.05) is 6.42 Å². The molecule has 0 aromatic rings. The van der Waals surface area contributed by atoms with E-state index >= 15 is 0 Å². The van der Waals surface area contributed by atoms with Crippen molar-refractivity contribution in [2.45, 2.75) is 50.2 Å². The van der Waals surface area contributed by atoms with E-state index in [9.17, 15) is 21.6 Å². The second kappa shape index (κ2) is 5.66. The first-order valence-electron chi connectivity index (χ1n) is 5.99. The normalized spacial score (nSPS) is 19.5. The first-order chi connectivity index (χ1) is 8.56. The maximum absolute atomic E-state index is 12.0. The maximum Gasteiger partial charge on any atom is 0.389 e. The van der Waals surface area contributed by atoms with E-state index in [1.807, 2.05) is 0 Å². The van der Waals surface area contributed by atoms with Gasteiger partial charge in [-0.1, -0.05) is 12.8 Å². The van der Waals surface area contributed by atoms with Gasteiger partial charge < -0.3 is 5.73 Å². The molecule has 0 atom stereocenters. The zero-order valence-electron chi connectivity index (χ0n) is 10.4. The molecule has 0 aliphatic heterocycles. The molecule has 0 aromatic heterocycles. The smallest absolute Gasteiger partial charge is 0.386 e. The SMILES string of the molecule is N=C(N)C1(NS(=O)(=O)CCCC(F)(F)F)CCCC1. The van der Waals surface area contributed by atoms with Crippen LogP contribution in [-0.4, -0.2) is 31.7 Å². The molecule has 0 bridgehead atoms. The average Bonchev–Trinajstić information content (AvgIpc) is 2.63. The second-order valence-corrected chi connectivity index (χ2v) is 6.68. The maximum atomic E-state index is 12.0. The molecule has 9 heteroatoms. The minimum atomic E-state index is -4.36. The van der Waals surface area contributed by atoms with Gasteiger partial charge in [0.25, 0.3) is 0 Å². The van der Waals surface area contributed by atoms with E-state index in [0.717, 1.165) is 12.8 Å². The van der Waals surface area contributed by atoms with Gasteiger partial charge in [-0.15, -0.1) is 0 Å². The molecular weight excluding hydrogens is 283 g/mol. The van der Waals surface area contributed by atoms with Crippen LogP contribution in [0.25, 0.3) is 0 Å². The molecule has 1 rings (SSSR count). The zero-order chi connectivity index (χ0) is 14.7. The van der Waals surface area contributed by atoms with Crippen molar-refractivity contribution >= 4 is 15.9 Å². The number of nitrogens with two attached hydrogens (primary N) is 1. The Balaban J connectivity index is 2.61. The molecular formula is C10H18F3N3O2S. The summed E-state index contributed by atoms with van der Waals surface area (Å²) in [4.78, 5) is 0. The fraction of sp³-hybridized carbons (Fsp3) is 0.900. The van der Waals surface area contributed by atoms with Gasteiger partial charge in [-0.05, 0) is 19.3 Å². The molecule has 0 amide bonds. The van der Waals surface area contributed by atoms with E-state index in [2.05, 4.69) is 4.72 Å². The Morgan fingerprint density at radius 2 is 1.84 bits per heavy atom. The van der Waals surface area contributed by atoms with Crippen molar-refractivity contribution < 1.29 is 21.6 Å². The molecule has 0 unspecified atom stereocenters. The minimum absolute atomic E-state index is 0.274. The third-order valence-electron chi connectivity index (χ3n) is 3.20. The van der Waals surface area contributed by atoms with Crippen LogP contribution in [0.15, 0.2) is 0 Å². The molecule has 0 heterocycles. The van der Waals surface area contributed by atoms with E-state index in [0.29, 0.717) is 12.8 Å². The highest BCUT2D eigenvalue weighted by atomic mass is 32.2. The van der Waals surface area contributed by atoms with Crippen LogP contribution in [0.2, 0.25) is 0 Å². The number of hydrogen-bond donors (Lipinski definition) is 3. The van der Waals surface area contributed by atoms with Crippen molar-refractivity contribution in [1.29, 1.82) is 5.41 Å². The molecule has 19 heavy (non-hydrogen) atoms. The van der Waals surface area contributed by atoms with E-state index in [1.54, 1.807) is 0 Å². The number of halogens is 3. The Bertz CT molecular complexity index is 428. The highest BCUT2D eigenvalue weighted by Gasteiger charge is 2.40. The molecule has 1 saturated carbocycles. The molecule has 1 aliphatic rings. The third kappa shape index (κ3) is 4.98. The van der Waals surface area contributed by atoms with Gasteiger partial charge in [0.1, 0.15) is 5.84 Å². The lowest BCUT2D eigenvalue weighted by Gasteiger charge is -2.28. The molecule has 4 N–H and O–H groups in total. The summed E-state index contributed by atoms with van der Waals surface area (Å²) >= 11 is 0. The van der Waals surface area contributed by atoms with E-state index in [-0.39, 0.29) is 5.84 Å². The van der Waals surface area contributed by atoms with Gasteiger partial charge in [-0.25, -0.2) is 13.1 Å². The average molecular weight is 301 g/mol. The third-order valence-corrected chi connectivity index (χ3v) is 4.72. The summed E-state index contributed by atoms with van der Waals surface area (Å²) in [6.07, 6.45) is -3.67. The summed E-state index contributed by atoms with van der Waals surface area (Å²) in [5.74, 6) is -0.883. The molecule has 0 radical (unpaired) electrons. The van der Waals surface area contributed by atoms with Gasteiger partial charge in [0.05, 0.1) is 11.3 Å². The van der Waals surface area contributed by atoms with Crippen molar-refractivity contribution in [2.75, 3.05) is 5.75 Å². The van der Waals surface area contributed by atoms with Crippen LogP contribution < -0.4 is 10.5 Å². The van der Waals surface area contributed by atoms with Crippen molar-refractivity contribution in [3.8, 4) is 0 Å². The summed E-state index contributed by atoms with van der Waals surface area (Å²) in [7, 11) is -3.86. The van der Waals surface area contributed by atoms with Crippen LogP contribution in [0.3, 0.4) is 0 Å². The van der Waals surface area contributed by atoms with Gasteiger partial charge in [0.2, 0.25) is 10.0 Å². The molecule has 0 spiro atoms. The lowest BCUT2D eigenvalue weighted by molar-refractivity contribution is -0.134. The Kier molecular flexibility index (Phi) is 4.83. The lowest BCUT2D eigenvalue weighted by Crippen LogP contribution is -2.55. The van der Waals surface area contributed by atoms with Gasteiger partial charge >= 0.3 is 6.18 Å². The molecule has 0 saturated heterocycles. The minimum Gasteiger partial charge on any atom is -0.386 e. The topological polar surface area (TPSA) is 96.0 Å². The second-order valence-electron chi connectivity index (χ2n) is 4.84. The van der Waals surface area contributed by atoms with Crippen LogP contribution in [0.4, 0.5) is 13.2 Å². The molecule has 5 nitrogen and oxygen atoms in total. The molecule has 1 aliphatic carbocycles. The Hall–Kier alpha value is -0.830. The number of hydrogen-bond acceptors (Lipinski definition) is 3. The lowest BCUT2D eigenvalue weighted by atomic mass is 9.98. The molecule has 0 aromatic carbocycles. The number of rotatable bonds is 6. The zero-order valence-corrected chi connectivity index (χ0v) is 11.2. The monoisotopic (exact) mass is 301 g/mol. The molecule has 112 valence electrons. The Morgan fingerprint density at radius 3 is 2.26 bits per heavy atom. The fourth-order valence-corrected chi connectivity index (χ4v) is 3.75. The fourth-order valence-electron chi connectivity index (χ4n) is 2.22. The van der Waals surface area contributed by atoms with Gasteiger partial charge in [0.15, 0.2) is 0 Å². The Morgan fingerprint density at radius 1 is 1.32 bits per heavy atom. The number of nitrogens with one attached hydrogen (secondary N) is 2. The predicted octanol–water partition coefficient (Wildman–Crippen LogP) is 1.50. The number of sulfonamides is 1. The van der Waals surface area contributed by atoms with E-state index in [4.69, 9.17) is 11.1 Å². The van der Waals surface area contributed by atoms with Crippen LogP contribution in [0.5, 0.6) is 0 Å². The van der Waals surface area contributed by atoms with E-state index < -0.39 is 40.3 Å². The Labute approximate surface area is 110 Å². The van der Waals surface area contributed by atoms with Gasteiger partial charge in [-0.3, -0.25) is 5.41 Å². The highest BCUT2D eigenvalue weighted by Crippen LogP contribution is 2.30. The summed E-state index contributed by atoms with van der Waals surface area (Å²) in [5.41, 5.74) is 4.31. The predicted molar refractivity (Wildman–Crippen MR) is 65.3 cm³/mol. The van der Waals surface area contributed by atoms with Crippen molar-refractivity contribution in [3.63, 3.8) is 0 Å². The largest absolute Gasteiger partial charge is 0.389 e. The number of amidine groups is 1. The van der Waals surface area contributed by atoms with Gasteiger partial charge in [-0.2, -0.15) is 13.2 Å². The van der Waals surface area contributed by atoms with Crippen LogP contribution in [0.1, 0.15) is 38.5 Å². The van der Waals surface area contributed by atoms with E-state index in [1.165, 1.54) is 0 Å². The summed E-state index contributed by atoms with van der Waals surface area (Å²) in [5, 5.41) is 7.47. The van der Waals surface area contributed by atoms with Crippen LogP contribution >= 0.6 is 0 Å². The van der Waals surface area contributed by atoms with Crippen molar-refractivity contribution in [1.82, 2.24) is 4.72 Å². The van der Waals surface area contributed by atoms with Crippen LogP contribution in [0, 0.1) is 5.41 Å². The first kappa shape index (κ1) is 16.2. The number of alkyl halides is 3. The van der Waals surface area contributed by atoms with Crippen LogP contribution in [-0.2, 0) is 10.0 Å². The molecule has 1 fully saturated rings. The highest BCUT2D eigenvalue weighted by molar-refractivity contribution is 7.89. The van der Waals surface area contributed by atoms with Crippen molar-refractivity contribution in [3.05, 3.63) is 0 Å². The summed E-state index contributed by atoms with van der Waals surface area (Å²) in [6, 6.07) is 0. The standard InChI is InChI=1S/C10H18F3N3O2S/c11-10(12,13)6-3-7-19(17,18)16-9(8(14)15)4-1-2-5-9/h16H,1-7H2,(H3,14,15).